The van der Waals surface area contributed by atoms with E-state index < -0.39 is 10.0 Å². The number of hydrogen-bond donors (Lipinski definition) is 1. The van der Waals surface area contributed by atoms with Gasteiger partial charge in [0.1, 0.15) is 5.75 Å². The number of piperidine rings is 1. The molecule has 3 aromatic rings. The Morgan fingerprint density at radius 3 is 2.43 bits per heavy atom. The third kappa shape index (κ3) is 4.48. The average molecular weight is 399 g/mol. The van der Waals surface area contributed by atoms with E-state index in [0.29, 0.717) is 17.1 Å². The van der Waals surface area contributed by atoms with Crippen LogP contribution in [0.2, 0.25) is 0 Å². The Kier molecular flexibility index (Phi) is 5.25. The molecule has 0 amide bonds. The molecule has 9 heteroatoms. The predicted molar refractivity (Wildman–Crippen MR) is 106 cm³/mol. The Morgan fingerprint density at radius 2 is 1.71 bits per heavy atom. The first-order valence-corrected chi connectivity index (χ1v) is 10.8. The van der Waals surface area contributed by atoms with Crippen LogP contribution in [0, 0.1) is 0 Å². The first-order valence-electron chi connectivity index (χ1n) is 9.18. The van der Waals surface area contributed by atoms with Gasteiger partial charge in [-0.2, -0.15) is 4.98 Å². The molecule has 0 bridgehead atoms. The Bertz CT molecular complexity index is 1010. The second-order valence-corrected chi connectivity index (χ2v) is 8.43. The number of sulfonamides is 1. The molecule has 1 saturated heterocycles. The molecule has 0 radical (unpaired) electrons. The summed E-state index contributed by atoms with van der Waals surface area (Å²) in [6, 6.07) is 10.9. The lowest BCUT2D eigenvalue weighted by Gasteiger charge is -2.28. The smallest absolute Gasteiger partial charge is 0.244 e. The number of hydrogen-bond acceptors (Lipinski definition) is 7. The van der Waals surface area contributed by atoms with E-state index in [1.54, 1.807) is 36.7 Å². The van der Waals surface area contributed by atoms with Crippen LogP contribution in [0.1, 0.15) is 25.2 Å². The van der Waals surface area contributed by atoms with Crippen molar-refractivity contribution in [3.05, 3.63) is 54.7 Å². The summed E-state index contributed by atoms with van der Waals surface area (Å²) in [6.07, 6.45) is 6.88. The Morgan fingerprint density at radius 1 is 1.00 bits per heavy atom. The van der Waals surface area contributed by atoms with Gasteiger partial charge in [0.2, 0.25) is 21.7 Å². The molecule has 0 unspecified atom stereocenters. The van der Waals surface area contributed by atoms with Gasteiger partial charge in [-0.25, -0.2) is 8.42 Å². The van der Waals surface area contributed by atoms with Gasteiger partial charge in [-0.05, 0) is 55.7 Å². The summed E-state index contributed by atoms with van der Waals surface area (Å²) < 4.78 is 32.5. The van der Waals surface area contributed by atoms with Crippen molar-refractivity contribution in [2.24, 2.45) is 0 Å². The molecule has 0 saturated carbocycles. The van der Waals surface area contributed by atoms with Crippen LogP contribution in [0.3, 0.4) is 0 Å². The standard InChI is InChI=1S/C19H21N5O3S/c25-28(26,14-18-21-19(22-27-18)15-8-10-20-11-9-15)23-16-4-6-17(7-5-16)24-12-2-1-3-13-24/h4-11,23H,1-3,12-14H2. The number of nitrogens with one attached hydrogen (secondary N) is 1. The summed E-state index contributed by atoms with van der Waals surface area (Å²) in [7, 11) is -3.67. The van der Waals surface area contributed by atoms with E-state index in [1.807, 2.05) is 12.1 Å². The number of pyridine rings is 1. The van der Waals surface area contributed by atoms with Gasteiger partial charge in [0.05, 0.1) is 0 Å². The van der Waals surface area contributed by atoms with Crippen LogP contribution in [0.5, 0.6) is 0 Å². The zero-order valence-corrected chi connectivity index (χ0v) is 16.1. The molecule has 0 spiro atoms. The summed E-state index contributed by atoms with van der Waals surface area (Å²) in [4.78, 5) is 10.4. The summed E-state index contributed by atoms with van der Waals surface area (Å²) >= 11 is 0. The number of rotatable bonds is 6. The van der Waals surface area contributed by atoms with Crippen molar-refractivity contribution in [3.8, 4) is 11.4 Å². The zero-order chi connectivity index (χ0) is 19.4. The van der Waals surface area contributed by atoms with Crippen LogP contribution >= 0.6 is 0 Å². The molecular formula is C19H21N5O3S. The summed E-state index contributed by atoms with van der Waals surface area (Å²) in [5.74, 6) is -0.0263. The van der Waals surface area contributed by atoms with Gasteiger partial charge in [0, 0.05) is 42.4 Å². The molecule has 2 aromatic heterocycles. The quantitative estimate of drug-likeness (QED) is 0.680. The van der Waals surface area contributed by atoms with Crippen molar-refractivity contribution in [1.82, 2.24) is 15.1 Å². The number of aromatic nitrogens is 3. The largest absolute Gasteiger partial charge is 0.372 e. The van der Waals surface area contributed by atoms with Crippen molar-refractivity contribution in [2.45, 2.75) is 25.0 Å². The lowest BCUT2D eigenvalue weighted by Crippen LogP contribution is -2.29. The van der Waals surface area contributed by atoms with Gasteiger partial charge in [-0.1, -0.05) is 5.16 Å². The molecule has 1 aliphatic heterocycles. The lowest BCUT2D eigenvalue weighted by atomic mass is 10.1. The Balaban J connectivity index is 1.41. The number of benzene rings is 1. The molecule has 0 aliphatic carbocycles. The highest BCUT2D eigenvalue weighted by molar-refractivity contribution is 7.91. The Labute approximate surface area is 163 Å². The van der Waals surface area contributed by atoms with Crippen molar-refractivity contribution < 1.29 is 12.9 Å². The first kappa shape index (κ1) is 18.4. The molecule has 3 heterocycles. The third-order valence-corrected chi connectivity index (χ3v) is 5.76. The predicted octanol–water partition coefficient (Wildman–Crippen LogP) is 3.06. The van der Waals surface area contributed by atoms with E-state index in [9.17, 15) is 8.42 Å². The lowest BCUT2D eigenvalue weighted by molar-refractivity contribution is 0.389. The minimum atomic E-state index is -3.67. The van der Waals surface area contributed by atoms with Crippen LogP contribution in [0.25, 0.3) is 11.4 Å². The van der Waals surface area contributed by atoms with Crippen molar-refractivity contribution >= 4 is 21.4 Å². The molecule has 1 N–H and O–H groups in total. The molecule has 146 valence electrons. The summed E-state index contributed by atoms with van der Waals surface area (Å²) in [5, 5.41) is 3.83. The number of anilines is 2. The highest BCUT2D eigenvalue weighted by Crippen LogP contribution is 2.23. The van der Waals surface area contributed by atoms with E-state index in [-0.39, 0.29) is 11.6 Å². The molecular weight excluding hydrogens is 378 g/mol. The maximum absolute atomic E-state index is 12.4. The van der Waals surface area contributed by atoms with Gasteiger partial charge in [0.15, 0.2) is 0 Å². The molecule has 28 heavy (non-hydrogen) atoms. The van der Waals surface area contributed by atoms with Crippen LogP contribution in [-0.2, 0) is 15.8 Å². The third-order valence-electron chi connectivity index (χ3n) is 4.58. The molecule has 4 rings (SSSR count). The summed E-state index contributed by atoms with van der Waals surface area (Å²) in [5.41, 5.74) is 2.33. The number of nitrogens with zero attached hydrogens (tertiary/aromatic N) is 4. The van der Waals surface area contributed by atoms with Gasteiger partial charge >= 0.3 is 0 Å². The fraction of sp³-hybridized carbons (Fsp3) is 0.316. The van der Waals surface area contributed by atoms with Crippen molar-refractivity contribution in [1.29, 1.82) is 0 Å². The SMILES string of the molecule is O=S(=O)(Cc1nc(-c2ccncc2)no1)Nc1ccc(N2CCCCC2)cc1. The van der Waals surface area contributed by atoms with E-state index in [1.165, 1.54) is 19.3 Å². The highest BCUT2D eigenvalue weighted by Gasteiger charge is 2.18. The molecule has 0 atom stereocenters. The van der Waals surface area contributed by atoms with Gasteiger partial charge in [0.25, 0.3) is 0 Å². The van der Waals surface area contributed by atoms with Crippen molar-refractivity contribution in [3.63, 3.8) is 0 Å². The van der Waals surface area contributed by atoms with Crippen LogP contribution in [0.4, 0.5) is 11.4 Å². The van der Waals surface area contributed by atoms with Gasteiger partial charge in [-0.3, -0.25) is 9.71 Å². The molecule has 1 aliphatic rings. The first-order chi connectivity index (χ1) is 13.6. The van der Waals surface area contributed by atoms with Crippen LogP contribution in [-0.4, -0.2) is 36.6 Å². The average Bonchev–Trinajstić information content (AvgIpc) is 3.17. The van der Waals surface area contributed by atoms with Gasteiger partial charge < -0.3 is 9.42 Å². The van der Waals surface area contributed by atoms with E-state index in [0.717, 1.165) is 18.8 Å². The van der Waals surface area contributed by atoms with Gasteiger partial charge in [-0.15, -0.1) is 0 Å². The normalized spacial score (nSPS) is 14.8. The second-order valence-electron chi connectivity index (χ2n) is 6.70. The maximum atomic E-state index is 12.4. The maximum Gasteiger partial charge on any atom is 0.244 e. The molecule has 8 nitrogen and oxygen atoms in total. The van der Waals surface area contributed by atoms with Crippen molar-refractivity contribution in [2.75, 3.05) is 22.7 Å². The van der Waals surface area contributed by atoms with Crippen LogP contribution in [0.15, 0.2) is 53.3 Å². The fourth-order valence-corrected chi connectivity index (χ4v) is 4.21. The topological polar surface area (TPSA) is 101 Å². The summed E-state index contributed by atoms with van der Waals surface area (Å²) in [6.45, 7) is 2.09. The zero-order valence-electron chi connectivity index (χ0n) is 15.3. The minimum absolute atomic E-state index is 0.0317. The molecule has 1 fully saturated rings. The van der Waals surface area contributed by atoms with E-state index in [2.05, 4.69) is 24.7 Å². The highest BCUT2D eigenvalue weighted by atomic mass is 32.2. The second kappa shape index (κ2) is 7.97. The van der Waals surface area contributed by atoms with E-state index in [4.69, 9.17) is 4.52 Å². The fourth-order valence-electron chi connectivity index (χ4n) is 3.20. The van der Waals surface area contributed by atoms with E-state index >= 15 is 0 Å². The Hall–Kier alpha value is -2.94. The van der Waals surface area contributed by atoms with Crippen LogP contribution < -0.4 is 9.62 Å². The monoisotopic (exact) mass is 399 g/mol. The minimum Gasteiger partial charge on any atom is -0.372 e. The molecule has 1 aromatic carbocycles.